The molecule has 0 rings (SSSR count). The summed E-state index contributed by atoms with van der Waals surface area (Å²) in [6.07, 6.45) is 19.0. The van der Waals surface area contributed by atoms with Crippen molar-refractivity contribution in [2.24, 2.45) is 0 Å². The van der Waals surface area contributed by atoms with E-state index in [1.807, 2.05) is 0 Å². The Morgan fingerprint density at radius 1 is 0.556 bits per heavy atom. The second kappa shape index (κ2) is 22.9. The van der Waals surface area contributed by atoms with Crippen molar-refractivity contribution in [3.05, 3.63) is 0 Å². The van der Waals surface area contributed by atoms with Crippen LogP contribution in [0.5, 0.6) is 0 Å². The van der Waals surface area contributed by atoms with Crippen molar-refractivity contribution in [2.75, 3.05) is 12.5 Å². The molecule has 0 fully saturated rings. The molecule has 0 saturated carbocycles. The standard InChI is InChI=1S/2C8H17.2CH4O3S.Sn/c2*1-3-5-7-8-6-4-2;2*1-5(2,3)4;/h2*1,3-8H2,2H3;2*1H3,(H,2,3,4);/q;;;;+2/p-2. The van der Waals surface area contributed by atoms with Crippen LogP contribution in [0.4, 0.5) is 0 Å². The van der Waals surface area contributed by atoms with Gasteiger partial charge in [0.2, 0.25) is 0 Å². The van der Waals surface area contributed by atoms with E-state index < -0.39 is 20.2 Å². The molecule has 0 spiro atoms. The Morgan fingerprint density at radius 3 is 1.04 bits per heavy atom. The largest absolute Gasteiger partial charge is 0.748 e. The fourth-order valence-electron chi connectivity index (χ4n) is 2.19. The summed E-state index contributed by atoms with van der Waals surface area (Å²) < 4.78 is 57.8. The number of rotatable bonds is 14. The second-order valence-corrected chi connectivity index (χ2v) is 13.8. The Morgan fingerprint density at radius 2 is 0.778 bits per heavy atom. The molecule has 164 valence electrons. The van der Waals surface area contributed by atoms with Gasteiger partial charge in [0.1, 0.15) is 0 Å². The summed E-state index contributed by atoms with van der Waals surface area (Å²) in [5, 5.41) is 0. The topological polar surface area (TPSA) is 114 Å². The van der Waals surface area contributed by atoms with Crippen molar-refractivity contribution < 1.29 is 25.9 Å². The number of unbranched alkanes of at least 4 members (excludes halogenated alkanes) is 10. The second-order valence-electron chi connectivity index (χ2n) is 6.69. The molecule has 0 aliphatic carbocycles. The first-order valence-electron chi connectivity index (χ1n) is 9.94. The van der Waals surface area contributed by atoms with E-state index in [1.165, 1.54) is 64.2 Å². The maximum absolute atomic E-state index is 9.08. The Bertz CT molecular complexity index is 418. The summed E-state index contributed by atoms with van der Waals surface area (Å²) in [6.45, 7) is 4.60. The molecule has 0 radical (unpaired) electrons. The zero-order chi connectivity index (χ0) is 21.6. The van der Waals surface area contributed by atoms with Gasteiger partial charge in [0.25, 0.3) is 0 Å². The minimum Gasteiger partial charge on any atom is -0.748 e. The van der Waals surface area contributed by atoms with Gasteiger partial charge in [-0.1, -0.05) is 0 Å². The molecule has 0 aromatic heterocycles. The average molecular weight is 535 g/mol. The minimum absolute atomic E-state index is 0.0736. The van der Waals surface area contributed by atoms with Gasteiger partial charge in [0.15, 0.2) is 0 Å². The molecule has 0 aliphatic rings. The van der Waals surface area contributed by atoms with Crippen molar-refractivity contribution in [1.82, 2.24) is 0 Å². The first-order chi connectivity index (χ1) is 12.4. The van der Waals surface area contributed by atoms with Crippen molar-refractivity contribution in [3.8, 4) is 0 Å². The Hall–Kier alpha value is 0.619. The summed E-state index contributed by atoms with van der Waals surface area (Å²) in [5.41, 5.74) is 0. The summed E-state index contributed by atoms with van der Waals surface area (Å²) in [4.78, 5) is 0. The quantitative estimate of drug-likeness (QED) is 0.183. The summed E-state index contributed by atoms with van der Waals surface area (Å²) in [6, 6.07) is 0. The van der Waals surface area contributed by atoms with Gasteiger partial charge in [-0.3, -0.25) is 0 Å². The van der Waals surface area contributed by atoms with Crippen molar-refractivity contribution in [2.45, 2.75) is 99.8 Å². The molecule has 0 bridgehead atoms. The SMILES string of the molecule is CCCCCCC[CH2][Sn+2][CH2]CCCCCCC.CS(=O)(=O)[O-].CS(=O)(=O)[O-]. The van der Waals surface area contributed by atoms with Crippen LogP contribution in [0.25, 0.3) is 0 Å². The van der Waals surface area contributed by atoms with E-state index >= 15 is 0 Å². The fourth-order valence-corrected chi connectivity index (χ4v) is 5.75. The molecular weight excluding hydrogens is 495 g/mol. The first-order valence-corrected chi connectivity index (χ1v) is 17.6. The van der Waals surface area contributed by atoms with Gasteiger partial charge in [0, 0.05) is 12.5 Å². The Balaban J connectivity index is -0.000000471. The number of hydrogen-bond donors (Lipinski definition) is 0. The first kappa shape index (κ1) is 32.3. The van der Waals surface area contributed by atoms with Crippen LogP contribution in [0.15, 0.2) is 0 Å². The maximum Gasteiger partial charge on any atom is 0.0916 e. The summed E-state index contributed by atoms with van der Waals surface area (Å²) in [5.74, 6) is 0. The third-order valence-corrected chi connectivity index (χ3v) is 7.45. The van der Waals surface area contributed by atoms with Crippen molar-refractivity contribution in [3.63, 3.8) is 0 Å². The smallest absolute Gasteiger partial charge is 0.0916 e. The van der Waals surface area contributed by atoms with Crippen LogP contribution >= 0.6 is 0 Å². The van der Waals surface area contributed by atoms with Crippen molar-refractivity contribution >= 4 is 41.4 Å². The van der Waals surface area contributed by atoms with Crippen LogP contribution in [0.1, 0.15) is 90.9 Å². The van der Waals surface area contributed by atoms with Gasteiger partial charge in [-0.25, -0.2) is 16.8 Å². The van der Waals surface area contributed by atoms with E-state index in [1.54, 1.807) is 21.7 Å². The molecule has 0 amide bonds. The van der Waals surface area contributed by atoms with E-state index in [0.717, 1.165) is 0 Å². The molecular formula is C18H40O6S2Sn. The molecule has 0 aromatic carbocycles. The minimum atomic E-state index is -3.92. The van der Waals surface area contributed by atoms with E-state index in [-0.39, 0.29) is 21.1 Å². The van der Waals surface area contributed by atoms with Crippen LogP contribution < -0.4 is 0 Å². The fraction of sp³-hybridized carbons (Fsp3) is 1.00. The predicted octanol–water partition coefficient (Wildman–Crippen LogP) is 4.57. The number of hydrogen-bond acceptors (Lipinski definition) is 6. The average Bonchev–Trinajstić information content (AvgIpc) is 2.49. The zero-order valence-electron chi connectivity index (χ0n) is 17.7. The molecule has 0 atom stereocenters. The third-order valence-electron chi connectivity index (χ3n) is 3.41. The summed E-state index contributed by atoms with van der Waals surface area (Å²) >= 11 is 0.0736. The Kier molecular flexibility index (Phi) is 27.4. The van der Waals surface area contributed by atoms with Gasteiger partial charge < -0.3 is 9.11 Å². The molecule has 6 nitrogen and oxygen atoms in total. The van der Waals surface area contributed by atoms with Crippen LogP contribution in [0.3, 0.4) is 0 Å². The zero-order valence-corrected chi connectivity index (χ0v) is 22.2. The van der Waals surface area contributed by atoms with Gasteiger partial charge in [-0.05, 0) is 0 Å². The third kappa shape index (κ3) is 75.5. The van der Waals surface area contributed by atoms with Gasteiger partial charge in [-0.15, -0.1) is 0 Å². The van der Waals surface area contributed by atoms with E-state index in [9.17, 15) is 0 Å². The monoisotopic (exact) mass is 536 g/mol. The molecule has 9 heteroatoms. The van der Waals surface area contributed by atoms with E-state index in [2.05, 4.69) is 13.8 Å². The van der Waals surface area contributed by atoms with Crippen LogP contribution in [-0.4, -0.2) is 59.6 Å². The van der Waals surface area contributed by atoms with E-state index in [0.29, 0.717) is 12.5 Å². The summed E-state index contributed by atoms with van der Waals surface area (Å²) in [7, 11) is -7.83. The predicted molar refractivity (Wildman–Crippen MR) is 113 cm³/mol. The maximum atomic E-state index is 9.08. The molecule has 0 aromatic rings. The molecule has 0 N–H and O–H groups in total. The van der Waals surface area contributed by atoms with Gasteiger partial charge >= 0.3 is 121 Å². The molecule has 0 aliphatic heterocycles. The normalized spacial score (nSPS) is 10.9. The Labute approximate surface area is 179 Å². The molecule has 27 heavy (non-hydrogen) atoms. The van der Waals surface area contributed by atoms with Crippen LogP contribution in [0.2, 0.25) is 8.87 Å². The van der Waals surface area contributed by atoms with E-state index in [4.69, 9.17) is 25.9 Å². The van der Waals surface area contributed by atoms with Gasteiger partial charge in [-0.2, -0.15) is 0 Å². The molecule has 0 heterocycles. The van der Waals surface area contributed by atoms with Crippen LogP contribution in [-0.2, 0) is 20.2 Å². The van der Waals surface area contributed by atoms with Gasteiger partial charge in [0.05, 0.1) is 20.2 Å². The van der Waals surface area contributed by atoms with Crippen molar-refractivity contribution in [1.29, 1.82) is 0 Å². The molecule has 0 saturated heterocycles. The van der Waals surface area contributed by atoms with Crippen LogP contribution in [0, 0.1) is 0 Å². The molecule has 0 unspecified atom stereocenters.